The average Bonchev–Trinajstić information content (AvgIpc) is 2.60. The molecule has 2 rings (SSSR count). The van der Waals surface area contributed by atoms with Gasteiger partial charge in [-0.2, -0.15) is 0 Å². The number of hydrogen-bond acceptors (Lipinski definition) is 4. The van der Waals surface area contributed by atoms with Crippen LogP contribution >= 0.6 is 50.5 Å². The van der Waals surface area contributed by atoms with Crippen molar-refractivity contribution in [1.82, 2.24) is 4.98 Å². The van der Waals surface area contributed by atoms with Crippen LogP contribution in [0.1, 0.15) is 5.69 Å². The Labute approximate surface area is 132 Å². The normalized spacial score (nSPS) is 11.6. The van der Waals surface area contributed by atoms with E-state index in [0.717, 1.165) is 5.69 Å². The van der Waals surface area contributed by atoms with Crippen molar-refractivity contribution in [2.75, 3.05) is 4.72 Å². The third-order valence-electron chi connectivity index (χ3n) is 2.07. The molecule has 4 nitrogen and oxygen atoms in total. The number of nitrogens with zero attached hydrogens (tertiary/aromatic N) is 1. The standard InChI is InChI=1S/C10H7BrCl2N2O2S2/c1-5-4-18-10(14-5)15-19(16,17)9-7(12)2-6(11)3-8(9)13/h2-4H,1H3,(H,14,15). The first kappa shape index (κ1) is 15.1. The van der Waals surface area contributed by atoms with E-state index in [1.54, 1.807) is 12.3 Å². The van der Waals surface area contributed by atoms with Gasteiger partial charge < -0.3 is 0 Å². The fourth-order valence-corrected chi connectivity index (χ4v) is 5.23. The molecule has 9 heteroatoms. The first-order valence-corrected chi connectivity index (χ1v) is 8.80. The molecule has 19 heavy (non-hydrogen) atoms. The summed E-state index contributed by atoms with van der Waals surface area (Å²) in [6, 6.07) is 2.93. The summed E-state index contributed by atoms with van der Waals surface area (Å²) in [4.78, 5) is 3.87. The number of halogens is 3. The van der Waals surface area contributed by atoms with Gasteiger partial charge in [-0.1, -0.05) is 39.1 Å². The van der Waals surface area contributed by atoms with Gasteiger partial charge in [-0.3, -0.25) is 4.72 Å². The Morgan fingerprint density at radius 2 is 1.89 bits per heavy atom. The zero-order valence-corrected chi connectivity index (χ0v) is 14.2. The first-order chi connectivity index (χ1) is 8.79. The molecular formula is C10H7BrCl2N2O2S2. The second kappa shape index (κ2) is 5.57. The number of sulfonamides is 1. The average molecular weight is 402 g/mol. The van der Waals surface area contributed by atoms with Crippen molar-refractivity contribution in [3.8, 4) is 0 Å². The molecule has 0 fully saturated rings. The quantitative estimate of drug-likeness (QED) is 0.832. The van der Waals surface area contributed by atoms with Gasteiger partial charge in [-0.15, -0.1) is 11.3 Å². The Morgan fingerprint density at radius 1 is 1.32 bits per heavy atom. The van der Waals surface area contributed by atoms with Gasteiger partial charge in [0.1, 0.15) is 4.90 Å². The monoisotopic (exact) mass is 400 g/mol. The highest BCUT2D eigenvalue weighted by atomic mass is 79.9. The van der Waals surface area contributed by atoms with E-state index in [-0.39, 0.29) is 20.1 Å². The summed E-state index contributed by atoms with van der Waals surface area (Å²) in [7, 11) is -3.86. The van der Waals surface area contributed by atoms with E-state index in [4.69, 9.17) is 23.2 Å². The first-order valence-electron chi connectivity index (χ1n) is 4.89. The number of benzene rings is 1. The van der Waals surface area contributed by atoms with Gasteiger partial charge in [0.15, 0.2) is 5.13 Å². The van der Waals surface area contributed by atoms with Gasteiger partial charge in [-0.25, -0.2) is 13.4 Å². The molecule has 0 aliphatic heterocycles. The van der Waals surface area contributed by atoms with Gasteiger partial charge in [-0.05, 0) is 19.1 Å². The van der Waals surface area contributed by atoms with Crippen LogP contribution in [0.4, 0.5) is 5.13 Å². The van der Waals surface area contributed by atoms with E-state index in [2.05, 4.69) is 25.6 Å². The number of hydrogen-bond donors (Lipinski definition) is 1. The summed E-state index contributed by atoms with van der Waals surface area (Å²) < 4.78 is 27.4. The van der Waals surface area contributed by atoms with Crippen molar-refractivity contribution in [3.63, 3.8) is 0 Å². The highest BCUT2D eigenvalue weighted by Gasteiger charge is 2.23. The minimum Gasteiger partial charge on any atom is -0.255 e. The maximum atomic E-state index is 12.2. The topological polar surface area (TPSA) is 59.1 Å². The van der Waals surface area contributed by atoms with Crippen LogP contribution in [0.2, 0.25) is 10.0 Å². The van der Waals surface area contributed by atoms with E-state index in [1.165, 1.54) is 23.5 Å². The summed E-state index contributed by atoms with van der Waals surface area (Å²) in [5, 5.41) is 2.09. The van der Waals surface area contributed by atoms with Crippen molar-refractivity contribution >= 4 is 65.6 Å². The Kier molecular flexibility index (Phi) is 4.42. The molecule has 2 aromatic rings. The molecule has 0 saturated carbocycles. The van der Waals surface area contributed by atoms with Crippen molar-refractivity contribution in [3.05, 3.63) is 37.7 Å². The van der Waals surface area contributed by atoms with Crippen molar-refractivity contribution in [2.24, 2.45) is 0 Å². The summed E-state index contributed by atoms with van der Waals surface area (Å²) in [6.45, 7) is 1.77. The molecule has 0 atom stereocenters. The summed E-state index contributed by atoms with van der Waals surface area (Å²) in [6.07, 6.45) is 0. The zero-order chi connectivity index (χ0) is 14.2. The fourth-order valence-electron chi connectivity index (χ4n) is 1.35. The van der Waals surface area contributed by atoms with E-state index in [9.17, 15) is 8.42 Å². The van der Waals surface area contributed by atoms with Crippen LogP contribution in [-0.4, -0.2) is 13.4 Å². The molecule has 0 bridgehead atoms. The molecular weight excluding hydrogens is 395 g/mol. The SMILES string of the molecule is Cc1csc(NS(=O)(=O)c2c(Cl)cc(Br)cc2Cl)n1. The Balaban J connectivity index is 2.45. The predicted octanol–water partition coefficient (Wildman–Crippen LogP) is 4.32. The highest BCUT2D eigenvalue weighted by Crippen LogP contribution is 2.34. The van der Waals surface area contributed by atoms with Gasteiger partial charge in [0.25, 0.3) is 10.0 Å². The van der Waals surface area contributed by atoms with Crippen molar-refractivity contribution in [1.29, 1.82) is 0 Å². The number of aryl methyl sites for hydroxylation is 1. The van der Waals surface area contributed by atoms with Crippen molar-refractivity contribution in [2.45, 2.75) is 11.8 Å². The van der Waals surface area contributed by atoms with Crippen LogP contribution in [0.15, 0.2) is 26.9 Å². The number of aromatic nitrogens is 1. The van der Waals surface area contributed by atoms with Gasteiger partial charge in [0, 0.05) is 9.85 Å². The van der Waals surface area contributed by atoms with Crippen LogP contribution in [0.5, 0.6) is 0 Å². The molecule has 1 aromatic carbocycles. The van der Waals surface area contributed by atoms with Crippen LogP contribution in [0, 0.1) is 6.92 Å². The van der Waals surface area contributed by atoms with Crippen LogP contribution in [0.25, 0.3) is 0 Å². The van der Waals surface area contributed by atoms with E-state index < -0.39 is 10.0 Å². The minimum atomic E-state index is -3.86. The third-order valence-corrected chi connectivity index (χ3v) is 5.79. The molecule has 0 aliphatic rings. The van der Waals surface area contributed by atoms with Gasteiger partial charge in [0.2, 0.25) is 0 Å². The fraction of sp³-hybridized carbons (Fsp3) is 0.100. The number of thiazole rings is 1. The van der Waals surface area contributed by atoms with Crippen LogP contribution in [-0.2, 0) is 10.0 Å². The summed E-state index contributed by atoms with van der Waals surface area (Å²) in [5.41, 5.74) is 0.732. The van der Waals surface area contributed by atoms with E-state index in [1.807, 2.05) is 0 Å². The van der Waals surface area contributed by atoms with Gasteiger partial charge in [0.05, 0.1) is 15.7 Å². The Morgan fingerprint density at radius 3 is 2.37 bits per heavy atom. The predicted molar refractivity (Wildman–Crippen MR) is 81.8 cm³/mol. The second-order valence-electron chi connectivity index (χ2n) is 3.60. The lowest BCUT2D eigenvalue weighted by Crippen LogP contribution is -2.14. The lowest BCUT2D eigenvalue weighted by atomic mass is 10.4. The molecule has 0 radical (unpaired) electrons. The van der Waals surface area contributed by atoms with E-state index >= 15 is 0 Å². The molecule has 0 saturated heterocycles. The maximum Gasteiger partial charge on any atom is 0.266 e. The molecule has 0 spiro atoms. The molecule has 102 valence electrons. The van der Waals surface area contributed by atoms with Crippen LogP contribution in [0.3, 0.4) is 0 Å². The lowest BCUT2D eigenvalue weighted by molar-refractivity contribution is 0.601. The minimum absolute atomic E-state index is 0.0418. The Bertz CT molecular complexity index is 708. The number of anilines is 1. The number of nitrogens with one attached hydrogen (secondary N) is 1. The van der Waals surface area contributed by atoms with Crippen molar-refractivity contribution < 1.29 is 8.42 Å². The molecule has 0 unspecified atom stereocenters. The molecule has 0 aliphatic carbocycles. The lowest BCUT2D eigenvalue weighted by Gasteiger charge is -2.09. The smallest absolute Gasteiger partial charge is 0.255 e. The highest BCUT2D eigenvalue weighted by molar-refractivity contribution is 9.10. The Hall–Kier alpha value is -0.340. The zero-order valence-electron chi connectivity index (χ0n) is 9.45. The maximum absolute atomic E-state index is 12.2. The summed E-state index contributed by atoms with van der Waals surface area (Å²) >= 11 is 16.3. The number of rotatable bonds is 3. The van der Waals surface area contributed by atoms with Gasteiger partial charge >= 0.3 is 0 Å². The third kappa shape index (κ3) is 3.41. The van der Waals surface area contributed by atoms with Crippen LogP contribution < -0.4 is 4.72 Å². The second-order valence-corrected chi connectivity index (χ2v) is 7.81. The molecule has 1 aromatic heterocycles. The summed E-state index contributed by atoms with van der Waals surface area (Å²) in [5.74, 6) is 0. The largest absolute Gasteiger partial charge is 0.266 e. The molecule has 1 N–H and O–H groups in total. The molecule has 1 heterocycles. The molecule has 0 amide bonds. The van der Waals surface area contributed by atoms with E-state index in [0.29, 0.717) is 4.47 Å².